The normalized spacial score (nSPS) is 11.1. The molecule has 84 valence electrons. The van der Waals surface area contributed by atoms with Crippen molar-refractivity contribution in [3.05, 3.63) is 38.5 Å². The second-order valence-corrected chi connectivity index (χ2v) is 4.79. The van der Waals surface area contributed by atoms with Crippen molar-refractivity contribution in [2.45, 2.75) is 20.3 Å². The van der Waals surface area contributed by atoms with E-state index < -0.39 is 0 Å². The van der Waals surface area contributed by atoms with Crippen LogP contribution in [0.1, 0.15) is 18.2 Å². The quantitative estimate of drug-likeness (QED) is 0.708. The van der Waals surface area contributed by atoms with Gasteiger partial charge in [-0.1, -0.05) is 41.7 Å². The number of hydrogen-bond donors (Lipinski definition) is 0. The maximum absolute atomic E-state index is 6.34. The molecule has 1 nitrogen and oxygen atoms in total. The number of nitrogens with zero attached hydrogens (tertiary/aromatic N) is 1. The molecule has 0 unspecified atom stereocenters. The number of fused-ring (bicyclic) bond motifs is 1. The third-order valence-electron chi connectivity index (χ3n) is 2.63. The van der Waals surface area contributed by atoms with E-state index in [1.807, 2.05) is 13.8 Å². The first-order valence-corrected chi connectivity index (χ1v) is 6.12. The SMILES string of the molecule is CCc1c(C)nc2c(Cl)ccc(Cl)c2c1Cl. The molecule has 16 heavy (non-hydrogen) atoms. The van der Waals surface area contributed by atoms with E-state index in [1.165, 1.54) is 0 Å². The predicted molar refractivity (Wildman–Crippen MR) is 70.9 cm³/mol. The molecule has 0 fully saturated rings. The average molecular weight is 275 g/mol. The third-order valence-corrected chi connectivity index (χ3v) is 3.67. The standard InChI is InChI=1S/C12H10Cl3N/c1-3-7-6(2)16-12-9(14)5-4-8(13)10(12)11(7)15/h4-5H,3H2,1-2H3. The van der Waals surface area contributed by atoms with Gasteiger partial charge in [-0.15, -0.1) is 0 Å². The number of aryl methyl sites for hydroxylation is 1. The molecule has 4 heteroatoms. The summed E-state index contributed by atoms with van der Waals surface area (Å²) in [5.41, 5.74) is 2.61. The van der Waals surface area contributed by atoms with E-state index >= 15 is 0 Å². The first-order chi connectivity index (χ1) is 7.56. The highest BCUT2D eigenvalue weighted by Crippen LogP contribution is 2.36. The van der Waals surface area contributed by atoms with Gasteiger partial charge in [-0.05, 0) is 31.0 Å². The van der Waals surface area contributed by atoms with E-state index in [4.69, 9.17) is 34.8 Å². The van der Waals surface area contributed by atoms with E-state index in [1.54, 1.807) is 12.1 Å². The zero-order chi connectivity index (χ0) is 11.9. The van der Waals surface area contributed by atoms with Crippen LogP contribution in [0.5, 0.6) is 0 Å². The Morgan fingerprint density at radius 2 is 1.75 bits per heavy atom. The van der Waals surface area contributed by atoms with Crippen molar-refractivity contribution in [2.75, 3.05) is 0 Å². The number of rotatable bonds is 1. The Kier molecular flexibility index (Phi) is 3.29. The van der Waals surface area contributed by atoms with Gasteiger partial charge in [-0.3, -0.25) is 4.98 Å². The maximum atomic E-state index is 6.34. The number of aromatic nitrogens is 1. The Bertz CT molecular complexity index is 564. The van der Waals surface area contributed by atoms with Crippen molar-refractivity contribution in [3.63, 3.8) is 0 Å². The molecule has 0 aliphatic carbocycles. The van der Waals surface area contributed by atoms with E-state index in [0.717, 1.165) is 23.1 Å². The minimum absolute atomic E-state index is 0.576. The molecule has 0 N–H and O–H groups in total. The van der Waals surface area contributed by atoms with Crippen molar-refractivity contribution in [2.24, 2.45) is 0 Å². The molecule has 0 aliphatic rings. The zero-order valence-electron chi connectivity index (χ0n) is 8.94. The summed E-state index contributed by atoms with van der Waals surface area (Å²) in [7, 11) is 0. The van der Waals surface area contributed by atoms with Crippen molar-refractivity contribution in [3.8, 4) is 0 Å². The molecular weight excluding hydrogens is 264 g/mol. The molecule has 1 aromatic heterocycles. The van der Waals surface area contributed by atoms with E-state index in [-0.39, 0.29) is 0 Å². The van der Waals surface area contributed by atoms with Crippen LogP contribution in [0.2, 0.25) is 15.1 Å². The molecule has 0 saturated heterocycles. The average Bonchev–Trinajstić information content (AvgIpc) is 2.24. The molecule has 0 saturated carbocycles. The van der Waals surface area contributed by atoms with Crippen LogP contribution in [0.15, 0.2) is 12.1 Å². The third kappa shape index (κ3) is 1.77. The number of halogens is 3. The fraction of sp³-hybridized carbons (Fsp3) is 0.250. The fourth-order valence-corrected chi connectivity index (χ4v) is 2.77. The van der Waals surface area contributed by atoms with Gasteiger partial charge in [0.05, 0.1) is 20.6 Å². The highest BCUT2D eigenvalue weighted by Gasteiger charge is 2.14. The minimum atomic E-state index is 0.576. The topological polar surface area (TPSA) is 12.9 Å². The summed E-state index contributed by atoms with van der Waals surface area (Å²) in [6.07, 6.45) is 0.830. The second-order valence-electron chi connectivity index (χ2n) is 3.60. The van der Waals surface area contributed by atoms with Gasteiger partial charge in [-0.25, -0.2) is 0 Å². The minimum Gasteiger partial charge on any atom is -0.251 e. The molecule has 1 aromatic carbocycles. The zero-order valence-corrected chi connectivity index (χ0v) is 11.2. The van der Waals surface area contributed by atoms with Gasteiger partial charge in [0, 0.05) is 11.1 Å². The summed E-state index contributed by atoms with van der Waals surface area (Å²) >= 11 is 18.6. The van der Waals surface area contributed by atoms with Crippen molar-refractivity contribution < 1.29 is 0 Å². The lowest BCUT2D eigenvalue weighted by molar-refractivity contribution is 1.07. The predicted octanol–water partition coefficient (Wildman–Crippen LogP) is 5.07. The Morgan fingerprint density at radius 3 is 2.38 bits per heavy atom. The first-order valence-electron chi connectivity index (χ1n) is 4.99. The lowest BCUT2D eigenvalue weighted by Gasteiger charge is -2.11. The van der Waals surface area contributed by atoms with E-state index in [2.05, 4.69) is 4.98 Å². The summed E-state index contributed by atoms with van der Waals surface area (Å²) in [4.78, 5) is 4.47. The van der Waals surface area contributed by atoms with Gasteiger partial charge in [0.25, 0.3) is 0 Å². The van der Waals surface area contributed by atoms with Crippen LogP contribution < -0.4 is 0 Å². The van der Waals surface area contributed by atoms with E-state index in [0.29, 0.717) is 20.6 Å². The highest BCUT2D eigenvalue weighted by atomic mass is 35.5. The lowest BCUT2D eigenvalue weighted by atomic mass is 10.1. The van der Waals surface area contributed by atoms with Gasteiger partial charge < -0.3 is 0 Å². The van der Waals surface area contributed by atoms with Crippen LogP contribution in [-0.2, 0) is 6.42 Å². The Hall–Kier alpha value is -0.500. The molecule has 2 rings (SSSR count). The van der Waals surface area contributed by atoms with Gasteiger partial charge >= 0.3 is 0 Å². The summed E-state index contributed by atoms with van der Waals surface area (Å²) in [6.45, 7) is 3.97. The molecule has 0 bridgehead atoms. The molecule has 0 atom stereocenters. The monoisotopic (exact) mass is 273 g/mol. The van der Waals surface area contributed by atoms with Gasteiger partial charge in [0.1, 0.15) is 0 Å². The van der Waals surface area contributed by atoms with Crippen LogP contribution in [0.3, 0.4) is 0 Å². The number of benzene rings is 1. The van der Waals surface area contributed by atoms with Crippen LogP contribution in [-0.4, -0.2) is 4.98 Å². The Balaban J connectivity index is 2.98. The van der Waals surface area contributed by atoms with Crippen LogP contribution in [0.25, 0.3) is 10.9 Å². The second kappa shape index (κ2) is 4.40. The lowest BCUT2D eigenvalue weighted by Crippen LogP contribution is -1.95. The summed E-state index contributed by atoms with van der Waals surface area (Å²) in [6, 6.07) is 3.48. The van der Waals surface area contributed by atoms with Crippen LogP contribution in [0.4, 0.5) is 0 Å². The molecule has 1 heterocycles. The molecule has 0 radical (unpaired) electrons. The number of hydrogen-bond acceptors (Lipinski definition) is 1. The summed E-state index contributed by atoms with van der Waals surface area (Å²) in [5.74, 6) is 0. The molecule has 0 spiro atoms. The summed E-state index contributed by atoms with van der Waals surface area (Å²) < 4.78 is 0. The van der Waals surface area contributed by atoms with E-state index in [9.17, 15) is 0 Å². The van der Waals surface area contributed by atoms with Gasteiger partial charge in [0.15, 0.2) is 0 Å². The number of pyridine rings is 1. The molecule has 0 amide bonds. The smallest absolute Gasteiger partial charge is 0.0921 e. The molecule has 2 aromatic rings. The molecular formula is C12H10Cl3N. The summed E-state index contributed by atoms with van der Waals surface area (Å²) in [5, 5.41) is 2.58. The van der Waals surface area contributed by atoms with Crippen LogP contribution >= 0.6 is 34.8 Å². The van der Waals surface area contributed by atoms with Crippen molar-refractivity contribution >= 4 is 45.7 Å². The van der Waals surface area contributed by atoms with Gasteiger partial charge in [0.2, 0.25) is 0 Å². The highest BCUT2D eigenvalue weighted by molar-refractivity contribution is 6.45. The first kappa shape index (κ1) is 12.0. The molecule has 0 aliphatic heterocycles. The van der Waals surface area contributed by atoms with Gasteiger partial charge in [-0.2, -0.15) is 0 Å². The van der Waals surface area contributed by atoms with Crippen LogP contribution in [0, 0.1) is 6.92 Å². The van der Waals surface area contributed by atoms with Crippen molar-refractivity contribution in [1.29, 1.82) is 0 Å². The Labute approximate surface area is 109 Å². The van der Waals surface area contributed by atoms with Crippen molar-refractivity contribution in [1.82, 2.24) is 4.98 Å². The maximum Gasteiger partial charge on any atom is 0.0921 e. The largest absolute Gasteiger partial charge is 0.251 e. The fourth-order valence-electron chi connectivity index (χ4n) is 1.82. The Morgan fingerprint density at radius 1 is 1.12 bits per heavy atom.